The number of carbonyl (C=O) groups excluding carboxylic acids is 3. The number of amides is 1. The monoisotopic (exact) mass is 385 g/mol. The van der Waals surface area contributed by atoms with E-state index >= 15 is 0 Å². The summed E-state index contributed by atoms with van der Waals surface area (Å²) in [7, 11) is 1.58. The number of carbonyl (C=O) groups is 3. The molecule has 148 valence electrons. The van der Waals surface area contributed by atoms with Crippen molar-refractivity contribution in [2.45, 2.75) is 26.5 Å². The van der Waals surface area contributed by atoms with Crippen LogP contribution in [0.1, 0.15) is 29.8 Å². The molecule has 2 rings (SSSR count). The minimum absolute atomic E-state index is 0.0552. The van der Waals surface area contributed by atoms with Crippen LogP contribution >= 0.6 is 0 Å². The van der Waals surface area contributed by atoms with E-state index in [-0.39, 0.29) is 12.4 Å². The highest BCUT2D eigenvalue weighted by Crippen LogP contribution is 2.13. The van der Waals surface area contributed by atoms with Gasteiger partial charge in [0.1, 0.15) is 11.5 Å². The second-order valence-electron chi connectivity index (χ2n) is 6.07. The second kappa shape index (κ2) is 10.1. The first-order valence-electron chi connectivity index (χ1n) is 8.73. The Morgan fingerprint density at radius 2 is 1.57 bits per heavy atom. The van der Waals surface area contributed by atoms with Crippen molar-refractivity contribution in [1.29, 1.82) is 0 Å². The summed E-state index contributed by atoms with van der Waals surface area (Å²) in [4.78, 5) is 35.1. The zero-order chi connectivity index (χ0) is 20.5. The lowest BCUT2D eigenvalue weighted by Crippen LogP contribution is -2.36. The highest BCUT2D eigenvalue weighted by atomic mass is 16.6. The van der Waals surface area contributed by atoms with Crippen LogP contribution in [0.2, 0.25) is 0 Å². The van der Waals surface area contributed by atoms with Gasteiger partial charge in [-0.05, 0) is 55.8 Å². The van der Waals surface area contributed by atoms with Crippen molar-refractivity contribution in [2.75, 3.05) is 13.7 Å². The number of hydrogen-bond acceptors (Lipinski definition) is 6. The molecule has 0 aliphatic rings. The number of hydrogen-bond donors (Lipinski definition) is 1. The maximum atomic E-state index is 12.1. The van der Waals surface area contributed by atoms with Crippen molar-refractivity contribution in [3.05, 3.63) is 59.7 Å². The van der Waals surface area contributed by atoms with Gasteiger partial charge >= 0.3 is 5.97 Å². The van der Waals surface area contributed by atoms with Gasteiger partial charge in [0.15, 0.2) is 18.5 Å². The smallest absolute Gasteiger partial charge is 0.344 e. The van der Waals surface area contributed by atoms with Crippen molar-refractivity contribution in [3.8, 4) is 11.5 Å². The molecule has 0 aliphatic heterocycles. The summed E-state index contributed by atoms with van der Waals surface area (Å²) in [5.41, 5.74) is 1.45. The molecule has 0 saturated carbocycles. The molecule has 0 unspecified atom stereocenters. The molecule has 0 radical (unpaired) electrons. The average Bonchev–Trinajstić information content (AvgIpc) is 2.71. The van der Waals surface area contributed by atoms with Gasteiger partial charge in [0, 0.05) is 12.1 Å². The average molecular weight is 385 g/mol. The van der Waals surface area contributed by atoms with Crippen LogP contribution in [0.25, 0.3) is 0 Å². The molecule has 7 nitrogen and oxygen atoms in total. The van der Waals surface area contributed by atoms with Crippen LogP contribution in [0.15, 0.2) is 48.5 Å². The Kier molecular flexibility index (Phi) is 7.56. The lowest BCUT2D eigenvalue weighted by atomic mass is 10.1. The van der Waals surface area contributed by atoms with Gasteiger partial charge in [0.2, 0.25) is 0 Å². The van der Waals surface area contributed by atoms with E-state index in [1.165, 1.54) is 13.8 Å². The highest BCUT2D eigenvalue weighted by Gasteiger charge is 2.18. The minimum atomic E-state index is -0.950. The van der Waals surface area contributed by atoms with E-state index in [1.807, 2.05) is 12.1 Å². The predicted octanol–water partition coefficient (Wildman–Crippen LogP) is 2.52. The standard InChI is InChI=1S/C21H23NO6/c1-14(23)17-6-10-19(11-7-17)27-13-20(24)28-15(2)21(25)22-12-16-4-8-18(26-3)9-5-16/h4-11,15H,12-13H2,1-3H3,(H,22,25)/t15-/m1/s1. The number of esters is 1. The summed E-state index contributed by atoms with van der Waals surface area (Å²) in [6, 6.07) is 13.7. The second-order valence-corrected chi connectivity index (χ2v) is 6.07. The Morgan fingerprint density at radius 3 is 2.14 bits per heavy atom. The number of Topliss-reactive ketones (excluding diaryl/α,β-unsaturated/α-hetero) is 1. The third-order valence-corrected chi connectivity index (χ3v) is 3.92. The Hall–Kier alpha value is -3.35. The van der Waals surface area contributed by atoms with Crippen molar-refractivity contribution in [1.82, 2.24) is 5.32 Å². The molecule has 0 saturated heterocycles. The number of ether oxygens (including phenoxy) is 3. The van der Waals surface area contributed by atoms with Gasteiger partial charge in [0.05, 0.1) is 7.11 Å². The van der Waals surface area contributed by atoms with Gasteiger partial charge < -0.3 is 19.5 Å². The van der Waals surface area contributed by atoms with Crippen molar-refractivity contribution < 1.29 is 28.6 Å². The van der Waals surface area contributed by atoms with E-state index in [9.17, 15) is 14.4 Å². The highest BCUT2D eigenvalue weighted by molar-refractivity contribution is 5.94. The van der Waals surface area contributed by atoms with Crippen molar-refractivity contribution in [3.63, 3.8) is 0 Å². The summed E-state index contributed by atoms with van der Waals surface area (Å²) >= 11 is 0. The minimum Gasteiger partial charge on any atom is -0.497 e. The van der Waals surface area contributed by atoms with Crippen LogP contribution in [-0.2, 0) is 20.9 Å². The largest absolute Gasteiger partial charge is 0.497 e. The first-order chi connectivity index (χ1) is 13.4. The van der Waals surface area contributed by atoms with Crippen LogP contribution in [0, 0.1) is 0 Å². The first kappa shape index (κ1) is 21.0. The Morgan fingerprint density at radius 1 is 0.964 bits per heavy atom. The van der Waals surface area contributed by atoms with E-state index < -0.39 is 18.0 Å². The van der Waals surface area contributed by atoms with Gasteiger partial charge in [-0.25, -0.2) is 4.79 Å². The fraction of sp³-hybridized carbons (Fsp3) is 0.286. The third-order valence-electron chi connectivity index (χ3n) is 3.92. The molecule has 1 N–H and O–H groups in total. The summed E-state index contributed by atoms with van der Waals surface area (Å²) < 4.78 is 15.5. The van der Waals surface area contributed by atoms with Crippen LogP contribution in [-0.4, -0.2) is 37.5 Å². The van der Waals surface area contributed by atoms with Gasteiger partial charge in [-0.2, -0.15) is 0 Å². The zero-order valence-electron chi connectivity index (χ0n) is 16.1. The summed E-state index contributed by atoms with van der Waals surface area (Å²) in [5.74, 6) is 0.0324. The molecule has 28 heavy (non-hydrogen) atoms. The molecular formula is C21H23NO6. The molecular weight excluding hydrogens is 362 g/mol. The fourth-order valence-corrected chi connectivity index (χ4v) is 2.29. The summed E-state index contributed by atoms with van der Waals surface area (Å²) in [6.45, 7) is 2.93. The van der Waals surface area contributed by atoms with Gasteiger partial charge in [0.25, 0.3) is 5.91 Å². The molecule has 7 heteroatoms. The third kappa shape index (κ3) is 6.42. The molecule has 0 spiro atoms. The van der Waals surface area contributed by atoms with Gasteiger partial charge in [-0.15, -0.1) is 0 Å². The van der Waals surface area contributed by atoms with Crippen LogP contribution in [0.5, 0.6) is 11.5 Å². The number of ketones is 1. The molecule has 0 fully saturated rings. The summed E-state index contributed by atoms with van der Waals surface area (Å²) in [5, 5.41) is 2.70. The molecule has 2 aromatic carbocycles. The zero-order valence-corrected chi connectivity index (χ0v) is 16.1. The Bertz CT molecular complexity index is 814. The fourth-order valence-electron chi connectivity index (χ4n) is 2.29. The number of methoxy groups -OCH3 is 1. The van der Waals surface area contributed by atoms with Crippen LogP contribution in [0.3, 0.4) is 0 Å². The molecule has 0 aromatic heterocycles. The van der Waals surface area contributed by atoms with E-state index in [0.717, 1.165) is 11.3 Å². The maximum absolute atomic E-state index is 12.1. The molecule has 1 amide bonds. The van der Waals surface area contributed by atoms with Crippen molar-refractivity contribution >= 4 is 17.7 Å². The quantitative estimate of drug-likeness (QED) is 0.527. The Labute approximate surface area is 163 Å². The van der Waals surface area contributed by atoms with E-state index in [1.54, 1.807) is 43.5 Å². The Balaban J connectivity index is 1.74. The normalized spacial score (nSPS) is 11.2. The van der Waals surface area contributed by atoms with E-state index in [2.05, 4.69) is 5.32 Å². The molecule has 2 aromatic rings. The molecule has 1 atom stereocenters. The molecule has 0 bridgehead atoms. The van der Waals surface area contributed by atoms with Crippen LogP contribution < -0.4 is 14.8 Å². The predicted molar refractivity (Wildman–Crippen MR) is 102 cm³/mol. The maximum Gasteiger partial charge on any atom is 0.344 e. The summed E-state index contributed by atoms with van der Waals surface area (Å²) in [6.07, 6.45) is -0.950. The van der Waals surface area contributed by atoms with Gasteiger partial charge in [-0.3, -0.25) is 9.59 Å². The lowest BCUT2D eigenvalue weighted by molar-refractivity contribution is -0.156. The van der Waals surface area contributed by atoms with Crippen molar-refractivity contribution in [2.24, 2.45) is 0 Å². The van der Waals surface area contributed by atoms with E-state index in [0.29, 0.717) is 17.9 Å². The number of rotatable bonds is 9. The lowest BCUT2D eigenvalue weighted by Gasteiger charge is -2.14. The van der Waals surface area contributed by atoms with Crippen LogP contribution in [0.4, 0.5) is 0 Å². The molecule has 0 heterocycles. The topological polar surface area (TPSA) is 90.9 Å². The van der Waals surface area contributed by atoms with E-state index in [4.69, 9.17) is 14.2 Å². The van der Waals surface area contributed by atoms with Gasteiger partial charge in [-0.1, -0.05) is 12.1 Å². The number of benzene rings is 2. The molecule has 0 aliphatic carbocycles. The first-order valence-corrected chi connectivity index (χ1v) is 8.73. The SMILES string of the molecule is COc1ccc(CNC(=O)[C@@H](C)OC(=O)COc2ccc(C(C)=O)cc2)cc1. The number of nitrogens with one attached hydrogen (secondary N) is 1.